The first-order valence-electron chi connectivity index (χ1n) is 12.4. The number of likely N-dealkylation sites (N-methyl/N-ethyl adjacent to an activating group) is 1. The van der Waals surface area contributed by atoms with Crippen LogP contribution in [0.4, 0.5) is 4.79 Å². The zero-order chi connectivity index (χ0) is 26.5. The fraction of sp³-hybridized carbons (Fsp3) is 0.444. The normalized spacial score (nSPS) is 21.0. The van der Waals surface area contributed by atoms with E-state index in [9.17, 15) is 14.4 Å². The number of thioether (sulfide) groups is 1. The lowest BCUT2D eigenvalue weighted by Gasteiger charge is -2.55. The molecule has 3 atom stereocenters. The van der Waals surface area contributed by atoms with Gasteiger partial charge in [0.15, 0.2) is 0 Å². The fourth-order valence-corrected chi connectivity index (χ4v) is 5.49. The van der Waals surface area contributed by atoms with Crippen molar-refractivity contribution in [2.75, 3.05) is 39.3 Å². The van der Waals surface area contributed by atoms with Gasteiger partial charge in [-0.25, -0.2) is 14.8 Å². The van der Waals surface area contributed by atoms with Gasteiger partial charge in [0.2, 0.25) is 11.8 Å². The Kier molecular flexibility index (Phi) is 8.60. The molecule has 37 heavy (non-hydrogen) atoms. The molecule has 0 radical (unpaired) electrons. The first-order chi connectivity index (χ1) is 17.8. The molecule has 2 aromatic carbocycles. The van der Waals surface area contributed by atoms with Gasteiger partial charge in [-0.05, 0) is 48.6 Å². The highest BCUT2D eigenvalue weighted by atomic mass is 32.2. The summed E-state index contributed by atoms with van der Waals surface area (Å²) >= 11 is 1.64. The van der Waals surface area contributed by atoms with Crippen molar-refractivity contribution in [3.63, 3.8) is 0 Å². The van der Waals surface area contributed by atoms with Gasteiger partial charge >= 0.3 is 6.03 Å². The number of carbonyl (C=O) groups is 3. The quantitative estimate of drug-likeness (QED) is 0.571. The summed E-state index contributed by atoms with van der Waals surface area (Å²) in [5.74, 6) is 1.27. The Morgan fingerprint density at radius 1 is 1.14 bits per heavy atom. The molecule has 0 saturated carbocycles. The molecule has 2 heterocycles. The summed E-state index contributed by atoms with van der Waals surface area (Å²) in [5.41, 5.74) is 1.94. The van der Waals surface area contributed by atoms with Crippen LogP contribution in [0.15, 0.2) is 54.6 Å². The average Bonchev–Trinajstić information content (AvgIpc) is 2.91. The number of nitrogens with one attached hydrogen (secondary N) is 1. The van der Waals surface area contributed by atoms with Gasteiger partial charge in [-0.15, -0.1) is 0 Å². The predicted molar refractivity (Wildman–Crippen MR) is 144 cm³/mol. The van der Waals surface area contributed by atoms with E-state index in [4.69, 9.17) is 4.74 Å². The molecule has 1 N–H and O–H groups in total. The monoisotopic (exact) mass is 525 g/mol. The summed E-state index contributed by atoms with van der Waals surface area (Å²) in [6.07, 6.45) is 1.92. The topological polar surface area (TPSA) is 85.4 Å². The predicted octanol–water partition coefficient (Wildman–Crippen LogP) is 2.95. The van der Waals surface area contributed by atoms with Crippen LogP contribution in [0.1, 0.15) is 30.5 Å². The Morgan fingerprint density at radius 2 is 1.84 bits per heavy atom. The molecule has 2 aromatic rings. The number of methoxy groups -OCH3 is 1. The Morgan fingerprint density at radius 3 is 2.49 bits per heavy atom. The largest absolute Gasteiger partial charge is 0.497 e. The van der Waals surface area contributed by atoms with E-state index >= 15 is 0 Å². The number of benzene rings is 2. The first kappa shape index (κ1) is 26.8. The molecule has 1 unspecified atom stereocenters. The van der Waals surface area contributed by atoms with Gasteiger partial charge in [-0.2, -0.15) is 11.8 Å². The zero-order valence-corrected chi connectivity index (χ0v) is 22.6. The van der Waals surface area contributed by atoms with Crippen LogP contribution in [0.5, 0.6) is 5.75 Å². The van der Waals surface area contributed by atoms with E-state index in [2.05, 4.69) is 5.32 Å². The van der Waals surface area contributed by atoms with Crippen LogP contribution in [-0.4, -0.2) is 89.1 Å². The molecule has 2 aliphatic heterocycles. The third-order valence-electron chi connectivity index (χ3n) is 7.04. The van der Waals surface area contributed by atoms with E-state index < -0.39 is 12.2 Å². The lowest BCUT2D eigenvalue weighted by molar-refractivity contribution is -0.189. The Balaban J connectivity index is 1.60. The molecule has 2 saturated heterocycles. The maximum Gasteiger partial charge on any atom is 0.334 e. The van der Waals surface area contributed by atoms with E-state index in [1.807, 2.05) is 72.7 Å². The third kappa shape index (κ3) is 5.70. The van der Waals surface area contributed by atoms with Crippen molar-refractivity contribution in [3.05, 3.63) is 65.7 Å². The summed E-state index contributed by atoms with van der Waals surface area (Å²) < 4.78 is 5.21. The van der Waals surface area contributed by atoms with Crippen LogP contribution < -0.4 is 10.1 Å². The van der Waals surface area contributed by atoms with Gasteiger partial charge < -0.3 is 19.9 Å². The zero-order valence-electron chi connectivity index (χ0n) is 21.8. The fourth-order valence-electron chi connectivity index (χ4n) is 5.03. The maximum absolute atomic E-state index is 13.7. The molecule has 2 fully saturated rings. The molecule has 4 amide bonds. The maximum atomic E-state index is 13.7. The molecule has 0 aliphatic carbocycles. The number of hydrazine groups is 1. The SMILES string of the molecule is COc1ccc(CNC(=O)N2[C@H]3CN(C(C)c4ccccc4)C(=O)[C@H](CCSC)N3C(=O)CN2C)cc1. The Hall–Kier alpha value is -3.24. The van der Waals surface area contributed by atoms with Crippen LogP contribution in [0.25, 0.3) is 0 Å². The molecular formula is C27H35N5O4S. The summed E-state index contributed by atoms with van der Waals surface area (Å²) in [7, 11) is 3.35. The molecule has 9 nitrogen and oxygen atoms in total. The number of rotatable bonds is 8. The van der Waals surface area contributed by atoms with Crippen LogP contribution >= 0.6 is 11.8 Å². The number of nitrogens with zero attached hydrogens (tertiary/aromatic N) is 4. The van der Waals surface area contributed by atoms with Crippen molar-refractivity contribution in [2.24, 2.45) is 0 Å². The summed E-state index contributed by atoms with van der Waals surface area (Å²) in [4.78, 5) is 44.0. The van der Waals surface area contributed by atoms with Crippen molar-refractivity contribution in [2.45, 2.75) is 38.1 Å². The van der Waals surface area contributed by atoms with Crippen molar-refractivity contribution in [1.82, 2.24) is 25.1 Å². The molecule has 2 aliphatic rings. The molecule has 10 heteroatoms. The standard InChI is InChI=1S/C27H35N5O4S/c1-19(21-8-6-5-7-9-21)30-17-24-31(23(26(30)34)14-15-37-4)25(33)18-29(2)32(24)27(35)28-16-20-10-12-22(36-3)13-11-20/h5-13,19,23-24H,14-18H2,1-4H3,(H,28,35)/t19?,23-,24-/m0/s1. The lowest BCUT2D eigenvalue weighted by Crippen LogP contribution is -2.76. The Bertz CT molecular complexity index is 1100. The summed E-state index contributed by atoms with van der Waals surface area (Å²) in [6, 6.07) is 16.2. The average molecular weight is 526 g/mol. The van der Waals surface area contributed by atoms with Crippen molar-refractivity contribution >= 4 is 29.6 Å². The number of piperazine rings is 1. The number of fused-ring (bicyclic) bond motifs is 1. The van der Waals surface area contributed by atoms with E-state index in [1.165, 1.54) is 0 Å². The van der Waals surface area contributed by atoms with Crippen LogP contribution in [0.2, 0.25) is 0 Å². The van der Waals surface area contributed by atoms with Crippen LogP contribution in [-0.2, 0) is 16.1 Å². The van der Waals surface area contributed by atoms with Gasteiger partial charge in [0.05, 0.1) is 26.2 Å². The van der Waals surface area contributed by atoms with E-state index in [-0.39, 0.29) is 37.0 Å². The second kappa shape index (κ2) is 11.9. The molecule has 0 spiro atoms. The minimum atomic E-state index is -0.615. The van der Waals surface area contributed by atoms with Gasteiger partial charge in [-0.1, -0.05) is 42.5 Å². The van der Waals surface area contributed by atoms with Crippen molar-refractivity contribution in [3.8, 4) is 5.75 Å². The molecule has 0 aromatic heterocycles. The lowest BCUT2D eigenvalue weighted by atomic mass is 9.99. The van der Waals surface area contributed by atoms with Crippen molar-refractivity contribution in [1.29, 1.82) is 0 Å². The smallest absolute Gasteiger partial charge is 0.334 e. The molecule has 4 rings (SSSR count). The number of amides is 4. The van der Waals surface area contributed by atoms with Crippen LogP contribution in [0.3, 0.4) is 0 Å². The minimum absolute atomic E-state index is 0.0315. The Labute approximate surface area is 222 Å². The number of carbonyl (C=O) groups excluding carboxylic acids is 3. The molecular weight excluding hydrogens is 490 g/mol. The highest BCUT2D eigenvalue weighted by Gasteiger charge is 2.51. The number of hydrogen-bond donors (Lipinski definition) is 1. The van der Waals surface area contributed by atoms with Crippen LogP contribution in [0, 0.1) is 0 Å². The van der Waals surface area contributed by atoms with E-state index in [0.717, 1.165) is 22.6 Å². The van der Waals surface area contributed by atoms with Gasteiger partial charge in [0.1, 0.15) is 18.0 Å². The third-order valence-corrected chi connectivity index (χ3v) is 7.69. The summed E-state index contributed by atoms with van der Waals surface area (Å²) in [5, 5.41) is 6.23. The summed E-state index contributed by atoms with van der Waals surface area (Å²) in [6.45, 7) is 2.59. The minimum Gasteiger partial charge on any atom is -0.497 e. The first-order valence-corrected chi connectivity index (χ1v) is 13.8. The van der Waals surface area contributed by atoms with Gasteiger partial charge in [0.25, 0.3) is 0 Å². The second-order valence-corrected chi connectivity index (χ2v) is 10.3. The van der Waals surface area contributed by atoms with Gasteiger partial charge in [-0.3, -0.25) is 9.59 Å². The molecule has 198 valence electrons. The number of ether oxygens (including phenoxy) is 1. The second-order valence-electron chi connectivity index (χ2n) is 9.32. The highest BCUT2D eigenvalue weighted by molar-refractivity contribution is 7.98. The number of hydrogen-bond acceptors (Lipinski definition) is 6. The van der Waals surface area contributed by atoms with Crippen molar-refractivity contribution < 1.29 is 19.1 Å². The highest BCUT2D eigenvalue weighted by Crippen LogP contribution is 2.32. The van der Waals surface area contributed by atoms with Gasteiger partial charge in [0, 0.05) is 13.6 Å². The number of urea groups is 1. The van der Waals surface area contributed by atoms with E-state index in [0.29, 0.717) is 13.0 Å². The van der Waals surface area contributed by atoms with E-state index in [1.54, 1.807) is 40.8 Å². The molecule has 0 bridgehead atoms.